The second-order valence-corrected chi connectivity index (χ2v) is 5.20. The Morgan fingerprint density at radius 1 is 1.30 bits per heavy atom. The van der Waals surface area contributed by atoms with E-state index in [0.717, 1.165) is 0 Å². The molecule has 0 aliphatic carbocycles. The number of nitrogens with zero attached hydrogens (tertiary/aromatic N) is 2. The lowest BCUT2D eigenvalue weighted by molar-refractivity contribution is -0.131. The highest BCUT2D eigenvalue weighted by atomic mass is 16.5. The zero-order chi connectivity index (χ0) is 17.0. The van der Waals surface area contributed by atoms with Gasteiger partial charge in [0.25, 0.3) is 5.91 Å². The van der Waals surface area contributed by atoms with Gasteiger partial charge in [-0.15, -0.1) is 0 Å². The van der Waals surface area contributed by atoms with Gasteiger partial charge in [-0.2, -0.15) is 0 Å². The molecule has 0 radical (unpaired) electrons. The number of anilines is 2. The molecule has 2 rings (SSSR count). The summed E-state index contributed by atoms with van der Waals surface area (Å²) in [7, 11) is 0. The molecule has 0 unspecified atom stereocenters. The van der Waals surface area contributed by atoms with Crippen molar-refractivity contribution in [1.29, 1.82) is 0 Å². The largest absolute Gasteiger partial charge is 0.482 e. The van der Waals surface area contributed by atoms with Gasteiger partial charge >= 0.3 is 0 Å². The SMILES string of the molecule is CCN(CC)C(=O)CN1C(=O)COc2ccc(NC(C)=O)cc21. The predicted octanol–water partition coefficient (Wildman–Crippen LogP) is 1.24. The molecule has 7 heteroatoms. The summed E-state index contributed by atoms with van der Waals surface area (Å²) in [5.74, 6) is -0.0936. The Bertz CT molecular complexity index is 626. The first kappa shape index (κ1) is 16.8. The van der Waals surface area contributed by atoms with Crippen molar-refractivity contribution >= 4 is 29.1 Å². The van der Waals surface area contributed by atoms with Crippen LogP contribution in [0.25, 0.3) is 0 Å². The third-order valence-electron chi connectivity index (χ3n) is 3.63. The van der Waals surface area contributed by atoms with Gasteiger partial charge in [0.15, 0.2) is 6.61 Å². The van der Waals surface area contributed by atoms with E-state index < -0.39 is 0 Å². The highest BCUT2D eigenvalue weighted by Crippen LogP contribution is 2.34. The smallest absolute Gasteiger partial charge is 0.265 e. The van der Waals surface area contributed by atoms with E-state index in [1.165, 1.54) is 11.8 Å². The second-order valence-electron chi connectivity index (χ2n) is 5.20. The van der Waals surface area contributed by atoms with Crippen LogP contribution >= 0.6 is 0 Å². The van der Waals surface area contributed by atoms with Crippen molar-refractivity contribution in [2.45, 2.75) is 20.8 Å². The molecule has 3 amide bonds. The molecule has 1 aliphatic heterocycles. The van der Waals surface area contributed by atoms with Crippen LogP contribution in [0.1, 0.15) is 20.8 Å². The Kier molecular flexibility index (Phi) is 5.20. The van der Waals surface area contributed by atoms with Crippen LogP contribution in [0, 0.1) is 0 Å². The van der Waals surface area contributed by atoms with Gasteiger partial charge in [-0.25, -0.2) is 0 Å². The molecule has 0 fully saturated rings. The van der Waals surface area contributed by atoms with Crippen LogP contribution in [-0.4, -0.2) is 48.9 Å². The van der Waals surface area contributed by atoms with E-state index in [4.69, 9.17) is 4.74 Å². The summed E-state index contributed by atoms with van der Waals surface area (Å²) in [4.78, 5) is 38.7. The minimum Gasteiger partial charge on any atom is -0.482 e. The Morgan fingerprint density at radius 3 is 2.61 bits per heavy atom. The van der Waals surface area contributed by atoms with Gasteiger partial charge in [-0.05, 0) is 32.0 Å². The number of carbonyl (C=O) groups excluding carboxylic acids is 3. The summed E-state index contributed by atoms with van der Waals surface area (Å²) in [6.07, 6.45) is 0. The average molecular weight is 319 g/mol. The summed E-state index contributed by atoms with van der Waals surface area (Å²) in [6.45, 7) is 6.23. The molecule has 0 saturated heterocycles. The molecule has 0 spiro atoms. The summed E-state index contributed by atoms with van der Waals surface area (Å²) in [5, 5.41) is 2.66. The molecule has 1 aromatic rings. The first-order valence-corrected chi connectivity index (χ1v) is 7.58. The fourth-order valence-electron chi connectivity index (χ4n) is 2.47. The van der Waals surface area contributed by atoms with E-state index in [-0.39, 0.29) is 30.9 Å². The lowest BCUT2D eigenvalue weighted by Gasteiger charge is -2.31. The van der Waals surface area contributed by atoms with E-state index in [2.05, 4.69) is 5.32 Å². The Hall–Kier alpha value is -2.57. The first-order chi connectivity index (χ1) is 11.0. The molecule has 7 nitrogen and oxygen atoms in total. The van der Waals surface area contributed by atoms with Crippen molar-refractivity contribution in [3.63, 3.8) is 0 Å². The van der Waals surface area contributed by atoms with Gasteiger partial charge in [-0.1, -0.05) is 0 Å². The maximum absolute atomic E-state index is 12.3. The Morgan fingerprint density at radius 2 is 2.00 bits per heavy atom. The topological polar surface area (TPSA) is 79.0 Å². The van der Waals surface area contributed by atoms with Crippen molar-refractivity contribution in [2.75, 3.05) is 36.5 Å². The summed E-state index contributed by atoms with van der Waals surface area (Å²) < 4.78 is 5.39. The quantitative estimate of drug-likeness (QED) is 0.885. The molecule has 0 saturated carbocycles. The van der Waals surface area contributed by atoms with Gasteiger partial charge in [0.05, 0.1) is 5.69 Å². The minimum atomic E-state index is -0.280. The number of benzene rings is 1. The number of carbonyl (C=O) groups is 3. The molecule has 23 heavy (non-hydrogen) atoms. The third kappa shape index (κ3) is 3.80. The molecule has 0 aromatic heterocycles. The van der Waals surface area contributed by atoms with E-state index in [1.807, 2.05) is 13.8 Å². The number of fused-ring (bicyclic) bond motifs is 1. The molecule has 1 heterocycles. The molecule has 1 aromatic carbocycles. The maximum atomic E-state index is 12.3. The number of nitrogens with one attached hydrogen (secondary N) is 1. The summed E-state index contributed by atoms with van der Waals surface area (Å²) in [6, 6.07) is 5.02. The van der Waals surface area contributed by atoms with Crippen molar-refractivity contribution in [2.24, 2.45) is 0 Å². The predicted molar refractivity (Wildman–Crippen MR) is 86.5 cm³/mol. The monoisotopic (exact) mass is 319 g/mol. The minimum absolute atomic E-state index is 0.0413. The lowest BCUT2D eigenvalue weighted by atomic mass is 10.2. The van der Waals surface area contributed by atoms with Crippen LogP contribution in [0.5, 0.6) is 5.75 Å². The van der Waals surface area contributed by atoms with Gasteiger partial charge in [-0.3, -0.25) is 19.3 Å². The van der Waals surface area contributed by atoms with Crippen LogP contribution in [0.3, 0.4) is 0 Å². The molecule has 1 N–H and O–H groups in total. The number of rotatable bonds is 5. The zero-order valence-electron chi connectivity index (χ0n) is 13.6. The lowest BCUT2D eigenvalue weighted by Crippen LogP contribution is -2.46. The van der Waals surface area contributed by atoms with Crippen molar-refractivity contribution < 1.29 is 19.1 Å². The fourth-order valence-corrected chi connectivity index (χ4v) is 2.47. The summed E-state index contributed by atoms with van der Waals surface area (Å²) >= 11 is 0. The first-order valence-electron chi connectivity index (χ1n) is 7.58. The Labute approximate surface area is 135 Å². The molecule has 0 bridgehead atoms. The Balaban J connectivity index is 2.28. The molecule has 124 valence electrons. The van der Waals surface area contributed by atoms with E-state index in [1.54, 1.807) is 23.1 Å². The fraction of sp³-hybridized carbons (Fsp3) is 0.438. The highest BCUT2D eigenvalue weighted by Gasteiger charge is 2.28. The molecule has 1 aliphatic rings. The van der Waals surface area contributed by atoms with Crippen LogP contribution in [0.15, 0.2) is 18.2 Å². The average Bonchev–Trinajstić information content (AvgIpc) is 2.51. The van der Waals surface area contributed by atoms with Crippen molar-refractivity contribution in [1.82, 2.24) is 4.90 Å². The molecular weight excluding hydrogens is 298 g/mol. The van der Waals surface area contributed by atoms with Crippen LogP contribution in [-0.2, 0) is 14.4 Å². The van der Waals surface area contributed by atoms with Crippen molar-refractivity contribution in [3.05, 3.63) is 18.2 Å². The maximum Gasteiger partial charge on any atom is 0.265 e. The van der Waals surface area contributed by atoms with Crippen LogP contribution in [0.4, 0.5) is 11.4 Å². The number of ether oxygens (including phenoxy) is 1. The zero-order valence-corrected chi connectivity index (χ0v) is 13.6. The van der Waals surface area contributed by atoms with E-state index in [0.29, 0.717) is 30.2 Å². The number of hydrogen-bond donors (Lipinski definition) is 1. The van der Waals surface area contributed by atoms with Crippen LogP contribution in [0.2, 0.25) is 0 Å². The van der Waals surface area contributed by atoms with Gasteiger partial charge in [0.2, 0.25) is 11.8 Å². The van der Waals surface area contributed by atoms with Gasteiger partial charge in [0, 0.05) is 25.7 Å². The number of likely N-dealkylation sites (N-methyl/N-ethyl adjacent to an activating group) is 1. The number of amides is 3. The van der Waals surface area contributed by atoms with Gasteiger partial charge in [0.1, 0.15) is 12.3 Å². The van der Waals surface area contributed by atoms with E-state index >= 15 is 0 Å². The standard InChI is InChI=1S/C16H21N3O4/c1-4-18(5-2)15(21)9-19-13-8-12(17-11(3)20)6-7-14(13)23-10-16(19)22/h6-8H,4-5,9-10H2,1-3H3,(H,17,20). The number of hydrogen-bond acceptors (Lipinski definition) is 4. The third-order valence-corrected chi connectivity index (χ3v) is 3.63. The second kappa shape index (κ2) is 7.13. The van der Waals surface area contributed by atoms with E-state index in [9.17, 15) is 14.4 Å². The van der Waals surface area contributed by atoms with Crippen LogP contribution < -0.4 is 15.0 Å². The normalized spacial score (nSPS) is 13.2. The summed E-state index contributed by atoms with van der Waals surface area (Å²) in [5.41, 5.74) is 1.04. The molecular formula is C16H21N3O4. The van der Waals surface area contributed by atoms with Gasteiger partial charge < -0.3 is 15.0 Å². The van der Waals surface area contributed by atoms with Crippen molar-refractivity contribution in [3.8, 4) is 5.75 Å². The molecule has 0 atom stereocenters. The highest BCUT2D eigenvalue weighted by molar-refractivity contribution is 6.03.